The van der Waals surface area contributed by atoms with Crippen molar-refractivity contribution in [2.75, 3.05) is 19.8 Å². The molecule has 4 rings (SSSR count). The van der Waals surface area contributed by atoms with E-state index in [-0.39, 0.29) is 11.5 Å². The average molecular weight is 437 g/mol. The molecule has 2 saturated heterocycles. The Morgan fingerprint density at radius 2 is 1.42 bits per heavy atom. The summed E-state index contributed by atoms with van der Waals surface area (Å²) in [5.74, 6) is 0.184. The van der Waals surface area contributed by atoms with Crippen LogP contribution in [0.5, 0.6) is 0 Å². The SMILES string of the molecule is CCCC1CCC(C2CCC(c3ccc(C4OCC(CC)CO4)c(F)c3F)CC2)CO1. The number of ether oxygens (including phenoxy) is 3. The number of rotatable bonds is 6. The Kier molecular flexibility index (Phi) is 8.00. The van der Waals surface area contributed by atoms with Crippen molar-refractivity contribution >= 4 is 0 Å². The quantitative estimate of drug-likeness (QED) is 0.485. The molecule has 0 radical (unpaired) electrons. The fourth-order valence-corrected chi connectivity index (χ4v) is 5.68. The Morgan fingerprint density at radius 3 is 2.03 bits per heavy atom. The van der Waals surface area contributed by atoms with Crippen molar-refractivity contribution < 1.29 is 23.0 Å². The van der Waals surface area contributed by atoms with Gasteiger partial charge in [-0.2, -0.15) is 0 Å². The van der Waals surface area contributed by atoms with Gasteiger partial charge in [-0.1, -0.05) is 32.4 Å². The molecule has 1 aliphatic carbocycles. The van der Waals surface area contributed by atoms with Gasteiger partial charge in [0.25, 0.3) is 0 Å². The average Bonchev–Trinajstić information content (AvgIpc) is 2.82. The molecule has 0 bridgehead atoms. The summed E-state index contributed by atoms with van der Waals surface area (Å²) in [4.78, 5) is 0. The van der Waals surface area contributed by atoms with Crippen LogP contribution in [-0.4, -0.2) is 25.9 Å². The van der Waals surface area contributed by atoms with E-state index >= 15 is 4.39 Å². The van der Waals surface area contributed by atoms with Gasteiger partial charge < -0.3 is 14.2 Å². The Bertz CT molecular complexity index is 701. The molecule has 2 heterocycles. The maximum atomic E-state index is 15.0. The molecule has 0 N–H and O–H groups in total. The van der Waals surface area contributed by atoms with Crippen LogP contribution >= 0.6 is 0 Å². The van der Waals surface area contributed by atoms with E-state index in [0.29, 0.717) is 42.6 Å². The van der Waals surface area contributed by atoms with Crippen molar-refractivity contribution in [1.82, 2.24) is 0 Å². The van der Waals surface area contributed by atoms with Gasteiger partial charge in [0.1, 0.15) is 0 Å². The molecule has 5 heteroatoms. The van der Waals surface area contributed by atoms with Gasteiger partial charge in [0.05, 0.1) is 25.9 Å². The normalized spacial score (nSPS) is 34.6. The highest BCUT2D eigenvalue weighted by Gasteiger charge is 2.34. The maximum Gasteiger partial charge on any atom is 0.186 e. The lowest BCUT2D eigenvalue weighted by atomic mass is 9.72. The van der Waals surface area contributed by atoms with Crippen LogP contribution in [0.3, 0.4) is 0 Å². The molecular formula is C26H38F2O3. The molecule has 3 nitrogen and oxygen atoms in total. The minimum absolute atomic E-state index is 0.0924. The predicted octanol–water partition coefficient (Wildman–Crippen LogP) is 6.91. The second-order valence-electron chi connectivity index (χ2n) is 9.84. The van der Waals surface area contributed by atoms with E-state index in [1.807, 2.05) is 0 Å². The maximum absolute atomic E-state index is 15.0. The summed E-state index contributed by atoms with van der Waals surface area (Å²) < 4.78 is 47.3. The molecule has 2 aliphatic heterocycles. The number of hydrogen-bond acceptors (Lipinski definition) is 3. The third kappa shape index (κ3) is 5.31. The molecule has 1 aromatic carbocycles. The van der Waals surface area contributed by atoms with E-state index in [4.69, 9.17) is 14.2 Å². The van der Waals surface area contributed by atoms with Gasteiger partial charge >= 0.3 is 0 Å². The first-order valence-electron chi connectivity index (χ1n) is 12.4. The summed E-state index contributed by atoms with van der Waals surface area (Å²) >= 11 is 0. The van der Waals surface area contributed by atoms with Gasteiger partial charge in [0.15, 0.2) is 17.9 Å². The lowest BCUT2D eigenvalue weighted by Gasteiger charge is -2.38. The van der Waals surface area contributed by atoms with Crippen LogP contribution in [0.2, 0.25) is 0 Å². The van der Waals surface area contributed by atoms with E-state index in [1.165, 1.54) is 19.3 Å². The van der Waals surface area contributed by atoms with Gasteiger partial charge in [0.2, 0.25) is 0 Å². The van der Waals surface area contributed by atoms with Crippen LogP contribution in [0.4, 0.5) is 8.78 Å². The summed E-state index contributed by atoms with van der Waals surface area (Å²) in [6.45, 7) is 6.21. The first-order chi connectivity index (χ1) is 15.1. The lowest BCUT2D eigenvalue weighted by Crippen LogP contribution is -2.32. The third-order valence-corrected chi connectivity index (χ3v) is 7.83. The van der Waals surface area contributed by atoms with Crippen LogP contribution in [0, 0.1) is 29.4 Å². The molecule has 2 unspecified atom stereocenters. The smallest absolute Gasteiger partial charge is 0.186 e. The van der Waals surface area contributed by atoms with Crippen LogP contribution in [0.25, 0.3) is 0 Å². The fraction of sp³-hybridized carbons (Fsp3) is 0.769. The Labute approximate surface area is 185 Å². The minimum atomic E-state index is -0.804. The lowest BCUT2D eigenvalue weighted by molar-refractivity contribution is -0.206. The first kappa shape index (κ1) is 23.1. The van der Waals surface area contributed by atoms with Crippen LogP contribution in [0.1, 0.15) is 95.0 Å². The molecule has 3 fully saturated rings. The van der Waals surface area contributed by atoms with E-state index in [0.717, 1.165) is 45.1 Å². The molecule has 1 aromatic rings. The van der Waals surface area contributed by atoms with Gasteiger partial charge in [-0.3, -0.25) is 0 Å². The number of halogens is 2. The predicted molar refractivity (Wildman–Crippen MR) is 117 cm³/mol. The molecule has 0 spiro atoms. The van der Waals surface area contributed by atoms with Gasteiger partial charge in [0, 0.05) is 11.5 Å². The highest BCUT2D eigenvalue weighted by atomic mass is 19.2. The van der Waals surface area contributed by atoms with Crippen LogP contribution < -0.4 is 0 Å². The molecule has 0 aromatic heterocycles. The van der Waals surface area contributed by atoms with E-state index in [2.05, 4.69) is 13.8 Å². The zero-order valence-corrected chi connectivity index (χ0v) is 19.1. The molecule has 2 atom stereocenters. The summed E-state index contributed by atoms with van der Waals surface area (Å²) in [5, 5.41) is 0. The van der Waals surface area contributed by atoms with Crippen molar-refractivity contribution in [2.24, 2.45) is 17.8 Å². The largest absolute Gasteiger partial charge is 0.378 e. The molecule has 174 valence electrons. The Balaban J connectivity index is 1.33. The van der Waals surface area contributed by atoms with Crippen LogP contribution in [-0.2, 0) is 14.2 Å². The van der Waals surface area contributed by atoms with Crippen molar-refractivity contribution in [2.45, 2.75) is 89.9 Å². The summed E-state index contributed by atoms with van der Waals surface area (Å²) in [5.41, 5.74) is 0.704. The number of benzene rings is 1. The highest BCUT2D eigenvalue weighted by Crippen LogP contribution is 2.43. The summed E-state index contributed by atoms with van der Waals surface area (Å²) in [6, 6.07) is 3.43. The van der Waals surface area contributed by atoms with E-state index in [1.54, 1.807) is 12.1 Å². The van der Waals surface area contributed by atoms with Crippen LogP contribution in [0.15, 0.2) is 12.1 Å². The molecule has 1 saturated carbocycles. The molecule has 0 amide bonds. The van der Waals surface area contributed by atoms with Crippen molar-refractivity contribution in [3.8, 4) is 0 Å². The summed E-state index contributed by atoms with van der Waals surface area (Å²) in [6.07, 6.45) is 9.35. The zero-order chi connectivity index (χ0) is 21.8. The summed E-state index contributed by atoms with van der Waals surface area (Å²) in [7, 11) is 0. The van der Waals surface area contributed by atoms with E-state index in [9.17, 15) is 4.39 Å². The first-order valence-corrected chi connectivity index (χ1v) is 12.4. The molecule has 31 heavy (non-hydrogen) atoms. The standard InChI is InChI=1S/C26H38F2O3/c1-3-5-21-11-10-20(16-29-21)18-6-8-19(9-7-18)22-12-13-23(25(28)24(22)27)26-30-14-17(4-2)15-31-26/h12-13,17-21,26H,3-11,14-16H2,1-2H3. The Morgan fingerprint density at radius 1 is 0.774 bits per heavy atom. The third-order valence-electron chi connectivity index (χ3n) is 7.83. The minimum Gasteiger partial charge on any atom is -0.378 e. The molecule has 3 aliphatic rings. The van der Waals surface area contributed by atoms with Crippen molar-refractivity contribution in [3.05, 3.63) is 34.9 Å². The van der Waals surface area contributed by atoms with E-state index < -0.39 is 17.9 Å². The highest BCUT2D eigenvalue weighted by molar-refractivity contribution is 5.30. The fourth-order valence-electron chi connectivity index (χ4n) is 5.68. The van der Waals surface area contributed by atoms with Gasteiger partial charge in [-0.25, -0.2) is 8.78 Å². The monoisotopic (exact) mass is 436 g/mol. The second-order valence-corrected chi connectivity index (χ2v) is 9.84. The zero-order valence-electron chi connectivity index (χ0n) is 19.1. The van der Waals surface area contributed by atoms with Crippen molar-refractivity contribution in [3.63, 3.8) is 0 Å². The Hall–Kier alpha value is -1.04. The topological polar surface area (TPSA) is 27.7 Å². The second kappa shape index (κ2) is 10.7. The van der Waals surface area contributed by atoms with Gasteiger partial charge in [-0.15, -0.1) is 0 Å². The molecular weight excluding hydrogens is 398 g/mol. The van der Waals surface area contributed by atoms with Crippen molar-refractivity contribution in [1.29, 1.82) is 0 Å². The van der Waals surface area contributed by atoms with Gasteiger partial charge in [-0.05, 0) is 74.7 Å². The number of hydrogen-bond donors (Lipinski definition) is 0.